The molecule has 1 heterocycles. The third-order valence-corrected chi connectivity index (χ3v) is 1.88. The number of rotatable bonds is 4. The standard InChI is InChI=1S/C9H17NO2/c1-3-8(2)12-7-9-6-10-4-5-11-9/h3,8-10H,1,4-7H2,2H3. The van der Waals surface area contributed by atoms with E-state index < -0.39 is 0 Å². The molecule has 0 radical (unpaired) electrons. The zero-order chi connectivity index (χ0) is 8.81. The highest BCUT2D eigenvalue weighted by molar-refractivity contribution is 4.76. The summed E-state index contributed by atoms with van der Waals surface area (Å²) in [4.78, 5) is 0. The molecule has 0 aromatic heterocycles. The Morgan fingerprint density at radius 2 is 2.67 bits per heavy atom. The minimum atomic E-state index is 0.121. The molecular weight excluding hydrogens is 154 g/mol. The topological polar surface area (TPSA) is 30.5 Å². The number of hydrogen-bond donors (Lipinski definition) is 1. The summed E-state index contributed by atoms with van der Waals surface area (Å²) in [5.41, 5.74) is 0. The molecule has 2 atom stereocenters. The van der Waals surface area contributed by atoms with Gasteiger partial charge in [-0.15, -0.1) is 6.58 Å². The molecule has 1 fully saturated rings. The van der Waals surface area contributed by atoms with Gasteiger partial charge in [-0.2, -0.15) is 0 Å². The third kappa shape index (κ3) is 3.34. The fourth-order valence-corrected chi connectivity index (χ4v) is 1.05. The zero-order valence-corrected chi connectivity index (χ0v) is 7.58. The molecule has 3 heteroatoms. The Balaban J connectivity index is 2.08. The van der Waals surface area contributed by atoms with Gasteiger partial charge in [0.05, 0.1) is 25.4 Å². The molecule has 1 aliphatic heterocycles. The quantitative estimate of drug-likeness (QED) is 0.627. The van der Waals surface area contributed by atoms with Gasteiger partial charge in [-0.25, -0.2) is 0 Å². The largest absolute Gasteiger partial charge is 0.373 e. The predicted octanol–water partition coefficient (Wildman–Crippen LogP) is 0.566. The molecule has 0 spiro atoms. The van der Waals surface area contributed by atoms with E-state index in [-0.39, 0.29) is 12.2 Å². The van der Waals surface area contributed by atoms with Gasteiger partial charge in [0, 0.05) is 13.1 Å². The molecule has 1 rings (SSSR count). The number of nitrogens with one attached hydrogen (secondary N) is 1. The lowest BCUT2D eigenvalue weighted by Crippen LogP contribution is -2.41. The van der Waals surface area contributed by atoms with Gasteiger partial charge in [-0.1, -0.05) is 6.08 Å². The minimum Gasteiger partial charge on any atom is -0.373 e. The molecule has 1 aliphatic rings. The van der Waals surface area contributed by atoms with Gasteiger partial charge >= 0.3 is 0 Å². The second kappa shape index (κ2) is 5.30. The van der Waals surface area contributed by atoms with Crippen molar-refractivity contribution in [3.05, 3.63) is 12.7 Å². The lowest BCUT2D eigenvalue weighted by Gasteiger charge is -2.24. The number of hydrogen-bond acceptors (Lipinski definition) is 3. The van der Waals surface area contributed by atoms with Crippen LogP contribution < -0.4 is 5.32 Å². The summed E-state index contributed by atoms with van der Waals surface area (Å²) >= 11 is 0. The average Bonchev–Trinajstić information content (AvgIpc) is 2.16. The first kappa shape index (κ1) is 9.71. The first-order chi connectivity index (χ1) is 5.83. The van der Waals surface area contributed by atoms with Crippen molar-refractivity contribution in [2.75, 3.05) is 26.3 Å². The predicted molar refractivity (Wildman–Crippen MR) is 48.2 cm³/mol. The van der Waals surface area contributed by atoms with Crippen LogP contribution in [0.25, 0.3) is 0 Å². The Bertz CT molecular complexity index is 132. The third-order valence-electron chi connectivity index (χ3n) is 1.88. The highest BCUT2D eigenvalue weighted by atomic mass is 16.5. The van der Waals surface area contributed by atoms with Gasteiger partial charge in [0.2, 0.25) is 0 Å². The van der Waals surface area contributed by atoms with E-state index in [9.17, 15) is 0 Å². The van der Waals surface area contributed by atoms with Crippen LogP contribution in [0, 0.1) is 0 Å². The maximum absolute atomic E-state index is 5.45. The molecule has 2 unspecified atom stereocenters. The lowest BCUT2D eigenvalue weighted by atomic mass is 10.3. The van der Waals surface area contributed by atoms with Crippen molar-refractivity contribution in [3.63, 3.8) is 0 Å². The highest BCUT2D eigenvalue weighted by Crippen LogP contribution is 1.99. The van der Waals surface area contributed by atoms with Crippen LogP contribution in [-0.2, 0) is 9.47 Å². The van der Waals surface area contributed by atoms with Crippen molar-refractivity contribution >= 4 is 0 Å². The lowest BCUT2D eigenvalue weighted by molar-refractivity contribution is -0.0415. The second-order valence-electron chi connectivity index (χ2n) is 2.97. The van der Waals surface area contributed by atoms with Crippen LogP contribution in [0.3, 0.4) is 0 Å². The maximum atomic E-state index is 5.45. The van der Waals surface area contributed by atoms with Crippen LogP contribution in [-0.4, -0.2) is 38.5 Å². The summed E-state index contributed by atoms with van der Waals surface area (Å²) in [6.07, 6.45) is 2.12. The van der Waals surface area contributed by atoms with Crippen molar-refractivity contribution in [3.8, 4) is 0 Å². The van der Waals surface area contributed by atoms with E-state index in [1.807, 2.05) is 6.92 Å². The van der Waals surface area contributed by atoms with Gasteiger partial charge in [0.15, 0.2) is 0 Å². The second-order valence-corrected chi connectivity index (χ2v) is 2.97. The average molecular weight is 171 g/mol. The molecule has 0 saturated carbocycles. The molecule has 12 heavy (non-hydrogen) atoms. The molecule has 70 valence electrons. The van der Waals surface area contributed by atoms with Crippen molar-refractivity contribution < 1.29 is 9.47 Å². The smallest absolute Gasteiger partial charge is 0.0933 e. The first-order valence-corrected chi connectivity index (χ1v) is 4.39. The van der Waals surface area contributed by atoms with Crippen LogP contribution in [0.1, 0.15) is 6.92 Å². The van der Waals surface area contributed by atoms with E-state index in [0.717, 1.165) is 19.7 Å². The summed E-state index contributed by atoms with van der Waals surface area (Å²) < 4.78 is 10.9. The molecule has 0 aromatic carbocycles. The van der Waals surface area contributed by atoms with E-state index in [1.165, 1.54) is 0 Å². The highest BCUT2D eigenvalue weighted by Gasteiger charge is 2.13. The van der Waals surface area contributed by atoms with E-state index in [2.05, 4.69) is 11.9 Å². The fraction of sp³-hybridized carbons (Fsp3) is 0.778. The Labute approximate surface area is 73.7 Å². The Hall–Kier alpha value is -0.380. The molecular formula is C9H17NO2. The van der Waals surface area contributed by atoms with Gasteiger partial charge in [-0.05, 0) is 6.92 Å². The van der Waals surface area contributed by atoms with Crippen LogP contribution in [0.15, 0.2) is 12.7 Å². The van der Waals surface area contributed by atoms with Crippen LogP contribution in [0.2, 0.25) is 0 Å². The van der Waals surface area contributed by atoms with E-state index in [1.54, 1.807) is 6.08 Å². The monoisotopic (exact) mass is 171 g/mol. The number of ether oxygens (including phenoxy) is 2. The SMILES string of the molecule is C=CC(C)OCC1CNCCO1. The molecule has 0 aliphatic carbocycles. The summed E-state index contributed by atoms with van der Waals surface area (Å²) in [5.74, 6) is 0. The summed E-state index contributed by atoms with van der Waals surface area (Å²) in [7, 11) is 0. The van der Waals surface area contributed by atoms with Gasteiger partial charge in [0.1, 0.15) is 0 Å². The van der Waals surface area contributed by atoms with Crippen molar-refractivity contribution in [2.24, 2.45) is 0 Å². The van der Waals surface area contributed by atoms with E-state index in [4.69, 9.17) is 9.47 Å². The zero-order valence-electron chi connectivity index (χ0n) is 7.58. The van der Waals surface area contributed by atoms with Gasteiger partial charge in [0.25, 0.3) is 0 Å². The molecule has 0 aromatic rings. The summed E-state index contributed by atoms with van der Waals surface area (Å²) in [6.45, 7) is 8.90. The first-order valence-electron chi connectivity index (χ1n) is 4.39. The summed E-state index contributed by atoms with van der Waals surface area (Å²) in [5, 5.41) is 3.25. The van der Waals surface area contributed by atoms with Crippen LogP contribution in [0.4, 0.5) is 0 Å². The summed E-state index contributed by atoms with van der Waals surface area (Å²) in [6, 6.07) is 0. The normalized spacial score (nSPS) is 26.6. The van der Waals surface area contributed by atoms with E-state index >= 15 is 0 Å². The molecule has 1 N–H and O–H groups in total. The molecule has 3 nitrogen and oxygen atoms in total. The maximum Gasteiger partial charge on any atom is 0.0933 e. The Kier molecular flexibility index (Phi) is 4.29. The van der Waals surface area contributed by atoms with Crippen LogP contribution in [0.5, 0.6) is 0 Å². The minimum absolute atomic E-state index is 0.121. The number of morpholine rings is 1. The van der Waals surface area contributed by atoms with E-state index in [0.29, 0.717) is 6.61 Å². The Morgan fingerprint density at radius 1 is 1.83 bits per heavy atom. The van der Waals surface area contributed by atoms with Crippen LogP contribution >= 0.6 is 0 Å². The van der Waals surface area contributed by atoms with Crippen molar-refractivity contribution in [1.82, 2.24) is 5.32 Å². The molecule has 0 bridgehead atoms. The van der Waals surface area contributed by atoms with Gasteiger partial charge < -0.3 is 14.8 Å². The van der Waals surface area contributed by atoms with Crippen molar-refractivity contribution in [1.29, 1.82) is 0 Å². The molecule has 0 amide bonds. The fourth-order valence-electron chi connectivity index (χ4n) is 1.05. The van der Waals surface area contributed by atoms with Crippen molar-refractivity contribution in [2.45, 2.75) is 19.1 Å². The Morgan fingerprint density at radius 3 is 3.25 bits per heavy atom. The molecule has 1 saturated heterocycles. The van der Waals surface area contributed by atoms with Gasteiger partial charge in [-0.3, -0.25) is 0 Å².